The summed E-state index contributed by atoms with van der Waals surface area (Å²) in [6, 6.07) is 9.36. The van der Waals surface area contributed by atoms with Crippen LogP contribution >= 0.6 is 0 Å². The number of ether oxygens (including phenoxy) is 2. The van der Waals surface area contributed by atoms with Crippen LogP contribution in [0, 0.1) is 5.41 Å². The molecule has 3 rings (SSSR count). The Labute approximate surface area is 130 Å². The quantitative estimate of drug-likeness (QED) is 0.619. The molecule has 5 heteroatoms. The molecular weight excluding hydrogens is 282 g/mol. The molecule has 0 N–H and O–H groups in total. The van der Waals surface area contributed by atoms with E-state index in [0.717, 1.165) is 5.56 Å². The minimum absolute atomic E-state index is 0.0750. The van der Waals surface area contributed by atoms with E-state index in [1.807, 2.05) is 51.1 Å². The van der Waals surface area contributed by atoms with Crippen molar-refractivity contribution in [1.82, 2.24) is 4.90 Å². The van der Waals surface area contributed by atoms with E-state index in [4.69, 9.17) is 9.47 Å². The van der Waals surface area contributed by atoms with Gasteiger partial charge in [-0.3, -0.25) is 9.69 Å². The molecule has 2 fully saturated rings. The number of benzene rings is 1. The van der Waals surface area contributed by atoms with Gasteiger partial charge in [0.05, 0.1) is 19.6 Å². The van der Waals surface area contributed by atoms with Crippen LogP contribution in [0.25, 0.3) is 0 Å². The van der Waals surface area contributed by atoms with Crippen molar-refractivity contribution in [2.75, 3.05) is 13.7 Å². The van der Waals surface area contributed by atoms with Gasteiger partial charge in [0.1, 0.15) is 6.23 Å². The second-order valence-corrected chi connectivity index (χ2v) is 7.00. The van der Waals surface area contributed by atoms with E-state index in [0.29, 0.717) is 0 Å². The smallest absolute Gasteiger partial charge is 0.335 e. The van der Waals surface area contributed by atoms with E-state index in [1.165, 1.54) is 7.11 Å². The first-order valence-corrected chi connectivity index (χ1v) is 7.42. The number of fused-ring (bicyclic) bond motifs is 1. The van der Waals surface area contributed by atoms with Gasteiger partial charge >= 0.3 is 5.97 Å². The van der Waals surface area contributed by atoms with Crippen molar-refractivity contribution in [1.29, 1.82) is 0 Å². The Bertz CT molecular complexity index is 607. The van der Waals surface area contributed by atoms with E-state index >= 15 is 0 Å². The van der Waals surface area contributed by atoms with Gasteiger partial charge in [0.2, 0.25) is 5.91 Å². The van der Waals surface area contributed by atoms with Crippen molar-refractivity contribution in [2.24, 2.45) is 5.41 Å². The molecule has 3 atom stereocenters. The standard InChI is InChI=1S/C17H21NO4/c1-16(2,3)14-18-13(19)12(11-8-6-5-7-9-11)17(18,10-22-14)15(20)21-4/h5-9,12,14H,10H2,1-4H3/t12-,14+,17+/m0/s1. The second kappa shape index (κ2) is 4.81. The highest BCUT2D eigenvalue weighted by Gasteiger charge is 2.73. The molecule has 0 aliphatic carbocycles. The van der Waals surface area contributed by atoms with Crippen LogP contribution in [-0.2, 0) is 19.1 Å². The Hall–Kier alpha value is -1.88. The number of nitrogens with zero attached hydrogens (tertiary/aromatic N) is 1. The van der Waals surface area contributed by atoms with Gasteiger partial charge in [0, 0.05) is 5.41 Å². The number of rotatable bonds is 2. The maximum absolute atomic E-state index is 12.8. The Kier molecular flexibility index (Phi) is 3.29. The fourth-order valence-electron chi connectivity index (χ4n) is 3.52. The summed E-state index contributed by atoms with van der Waals surface area (Å²) in [6.07, 6.45) is -0.418. The Morgan fingerprint density at radius 3 is 2.50 bits per heavy atom. The van der Waals surface area contributed by atoms with E-state index in [-0.39, 0.29) is 17.9 Å². The zero-order chi connectivity index (χ0) is 16.1. The molecule has 1 amide bonds. The lowest BCUT2D eigenvalue weighted by molar-refractivity contribution is -0.184. The predicted octanol–water partition coefficient (Wildman–Crippen LogP) is 1.93. The number of carbonyl (C=O) groups excluding carboxylic acids is 2. The monoisotopic (exact) mass is 303 g/mol. The maximum atomic E-state index is 12.8. The summed E-state index contributed by atoms with van der Waals surface area (Å²) in [6.45, 7) is 6.16. The lowest BCUT2D eigenvalue weighted by atomic mass is 9.69. The Morgan fingerprint density at radius 1 is 1.32 bits per heavy atom. The zero-order valence-corrected chi connectivity index (χ0v) is 13.3. The summed E-state index contributed by atoms with van der Waals surface area (Å²) < 4.78 is 10.9. The fourth-order valence-corrected chi connectivity index (χ4v) is 3.52. The average molecular weight is 303 g/mol. The topological polar surface area (TPSA) is 55.8 Å². The van der Waals surface area contributed by atoms with Gasteiger partial charge in [-0.05, 0) is 5.56 Å². The van der Waals surface area contributed by atoms with Crippen molar-refractivity contribution >= 4 is 11.9 Å². The minimum Gasteiger partial charge on any atom is -0.467 e. The Balaban J connectivity index is 2.05. The third-order valence-corrected chi connectivity index (χ3v) is 4.50. The molecule has 0 saturated carbocycles. The van der Waals surface area contributed by atoms with Crippen LogP contribution < -0.4 is 0 Å². The predicted molar refractivity (Wildman–Crippen MR) is 80.0 cm³/mol. The Morgan fingerprint density at radius 2 is 1.95 bits per heavy atom. The number of carbonyl (C=O) groups is 2. The van der Waals surface area contributed by atoms with Gasteiger partial charge in [0.15, 0.2) is 5.54 Å². The zero-order valence-electron chi connectivity index (χ0n) is 13.3. The molecule has 0 unspecified atom stereocenters. The summed E-state index contributed by atoms with van der Waals surface area (Å²) in [5.41, 5.74) is -0.481. The average Bonchev–Trinajstić information content (AvgIpc) is 2.83. The van der Waals surface area contributed by atoms with Crippen molar-refractivity contribution in [2.45, 2.75) is 38.5 Å². The van der Waals surface area contributed by atoms with Crippen LogP contribution in [0.4, 0.5) is 0 Å². The summed E-state index contributed by atoms with van der Waals surface area (Å²) in [5.74, 6) is -1.02. The summed E-state index contributed by atoms with van der Waals surface area (Å²) in [7, 11) is 1.35. The summed E-state index contributed by atoms with van der Waals surface area (Å²) in [5, 5.41) is 0. The third-order valence-electron chi connectivity index (χ3n) is 4.50. The van der Waals surface area contributed by atoms with Crippen molar-refractivity contribution in [3.8, 4) is 0 Å². The van der Waals surface area contributed by atoms with Crippen LogP contribution in [0.3, 0.4) is 0 Å². The molecule has 22 heavy (non-hydrogen) atoms. The SMILES string of the molecule is COC(=O)[C@]12CO[C@H](C(C)(C)C)N1C(=O)[C@@H]2c1ccccc1. The maximum Gasteiger partial charge on any atom is 0.335 e. The number of hydrogen-bond acceptors (Lipinski definition) is 4. The molecule has 1 aromatic rings. The normalized spacial score (nSPS) is 30.7. The van der Waals surface area contributed by atoms with Gasteiger partial charge < -0.3 is 9.47 Å². The second-order valence-electron chi connectivity index (χ2n) is 7.00. The van der Waals surface area contributed by atoms with Crippen LogP contribution in [0.1, 0.15) is 32.3 Å². The lowest BCUT2D eigenvalue weighted by Crippen LogP contribution is -2.74. The van der Waals surface area contributed by atoms with Crippen molar-refractivity contribution in [3.05, 3.63) is 35.9 Å². The molecule has 0 radical (unpaired) electrons. The van der Waals surface area contributed by atoms with E-state index in [2.05, 4.69) is 0 Å². The highest BCUT2D eigenvalue weighted by molar-refractivity contribution is 6.05. The summed E-state index contributed by atoms with van der Waals surface area (Å²) in [4.78, 5) is 26.8. The van der Waals surface area contributed by atoms with Gasteiger partial charge in [-0.1, -0.05) is 51.1 Å². The summed E-state index contributed by atoms with van der Waals surface area (Å²) >= 11 is 0. The molecule has 118 valence electrons. The fraction of sp³-hybridized carbons (Fsp3) is 0.529. The molecule has 0 spiro atoms. The van der Waals surface area contributed by atoms with Crippen LogP contribution in [-0.4, -0.2) is 42.3 Å². The largest absolute Gasteiger partial charge is 0.467 e. The van der Waals surface area contributed by atoms with Crippen LogP contribution in [0.15, 0.2) is 30.3 Å². The van der Waals surface area contributed by atoms with Crippen LogP contribution in [0.2, 0.25) is 0 Å². The molecule has 0 bridgehead atoms. The number of methoxy groups -OCH3 is 1. The molecule has 1 aromatic carbocycles. The first-order valence-electron chi connectivity index (χ1n) is 7.42. The van der Waals surface area contributed by atoms with Crippen molar-refractivity contribution < 1.29 is 19.1 Å². The molecule has 2 heterocycles. The minimum atomic E-state index is -1.04. The molecule has 2 saturated heterocycles. The number of β-lactam (4-membered cyclic amide) rings is 1. The lowest BCUT2D eigenvalue weighted by Gasteiger charge is -2.53. The number of esters is 1. The third kappa shape index (κ3) is 1.81. The molecular formula is C17H21NO4. The molecule has 0 aromatic heterocycles. The first kappa shape index (κ1) is 15.0. The highest BCUT2D eigenvalue weighted by Crippen LogP contribution is 2.53. The molecule has 5 nitrogen and oxygen atoms in total. The van der Waals surface area contributed by atoms with E-state index in [9.17, 15) is 9.59 Å². The molecule has 2 aliphatic heterocycles. The molecule has 2 aliphatic rings. The first-order chi connectivity index (χ1) is 10.3. The number of amides is 1. The van der Waals surface area contributed by atoms with Crippen LogP contribution in [0.5, 0.6) is 0 Å². The van der Waals surface area contributed by atoms with Crippen molar-refractivity contribution in [3.63, 3.8) is 0 Å². The van der Waals surface area contributed by atoms with Gasteiger partial charge in [0.25, 0.3) is 0 Å². The van der Waals surface area contributed by atoms with Gasteiger partial charge in [-0.25, -0.2) is 4.79 Å². The van der Waals surface area contributed by atoms with E-state index in [1.54, 1.807) is 4.90 Å². The van der Waals surface area contributed by atoms with E-state index < -0.39 is 23.7 Å². The van der Waals surface area contributed by atoms with Gasteiger partial charge in [-0.2, -0.15) is 0 Å². The highest BCUT2D eigenvalue weighted by atomic mass is 16.6. The number of hydrogen-bond donors (Lipinski definition) is 0. The van der Waals surface area contributed by atoms with Gasteiger partial charge in [-0.15, -0.1) is 0 Å².